The van der Waals surface area contributed by atoms with Crippen LogP contribution < -0.4 is 10.1 Å². The van der Waals surface area contributed by atoms with E-state index >= 15 is 0 Å². The third-order valence-electron chi connectivity index (χ3n) is 5.01. The summed E-state index contributed by atoms with van der Waals surface area (Å²) in [6.07, 6.45) is 4.49. The van der Waals surface area contributed by atoms with Gasteiger partial charge in [0.2, 0.25) is 0 Å². The van der Waals surface area contributed by atoms with E-state index in [0.717, 1.165) is 11.4 Å². The van der Waals surface area contributed by atoms with Crippen molar-refractivity contribution in [3.05, 3.63) is 42.4 Å². The number of benzene rings is 1. The number of aromatic nitrogens is 2. The first-order valence-corrected chi connectivity index (χ1v) is 9.97. The molecule has 8 heteroatoms. The minimum absolute atomic E-state index is 0.0627. The van der Waals surface area contributed by atoms with Gasteiger partial charge in [0.05, 0.1) is 37.4 Å². The largest absolute Gasteiger partial charge is 0.489 e. The maximum atomic E-state index is 12.7. The van der Waals surface area contributed by atoms with Crippen LogP contribution in [0.2, 0.25) is 0 Å². The standard InChI is InChI=1S/C21H26N4O4/c1-15(2)29-18-6-4-3-5-16(18)24-19-14-22-17(13-23-19)20(26)25-9-7-21(8-10-25)27-11-12-28-21/h3-6,13-15H,7-12H2,1-2H3,(H,23,24). The molecule has 2 saturated heterocycles. The summed E-state index contributed by atoms with van der Waals surface area (Å²) in [5.74, 6) is 0.664. The molecule has 2 aliphatic heterocycles. The van der Waals surface area contributed by atoms with Crippen molar-refractivity contribution in [1.82, 2.24) is 14.9 Å². The lowest BCUT2D eigenvalue weighted by Gasteiger charge is -2.37. The SMILES string of the molecule is CC(C)Oc1ccccc1Nc1cnc(C(=O)N2CCC3(CC2)OCCO3)cn1. The average Bonchev–Trinajstić information content (AvgIpc) is 3.18. The molecule has 2 aliphatic rings. The molecule has 2 aromatic rings. The first-order chi connectivity index (χ1) is 14.0. The smallest absolute Gasteiger partial charge is 0.274 e. The molecule has 0 unspecified atom stereocenters. The van der Waals surface area contributed by atoms with E-state index in [0.29, 0.717) is 50.7 Å². The van der Waals surface area contributed by atoms with Gasteiger partial charge < -0.3 is 24.4 Å². The van der Waals surface area contributed by atoms with E-state index in [9.17, 15) is 4.79 Å². The van der Waals surface area contributed by atoms with Gasteiger partial charge in [-0.05, 0) is 26.0 Å². The van der Waals surface area contributed by atoms with Crippen molar-refractivity contribution in [2.75, 3.05) is 31.6 Å². The maximum Gasteiger partial charge on any atom is 0.274 e. The van der Waals surface area contributed by atoms with Crippen molar-refractivity contribution >= 4 is 17.4 Å². The number of nitrogens with zero attached hydrogens (tertiary/aromatic N) is 3. The Hall–Kier alpha value is -2.71. The second-order valence-corrected chi connectivity index (χ2v) is 7.47. The Kier molecular flexibility index (Phi) is 5.64. The predicted octanol–water partition coefficient (Wildman–Crippen LogP) is 2.99. The van der Waals surface area contributed by atoms with Crippen molar-refractivity contribution in [1.29, 1.82) is 0 Å². The molecule has 0 saturated carbocycles. The molecule has 1 N–H and O–H groups in total. The second kappa shape index (κ2) is 8.34. The summed E-state index contributed by atoms with van der Waals surface area (Å²) in [6.45, 7) is 6.37. The summed E-state index contributed by atoms with van der Waals surface area (Å²) < 4.78 is 17.2. The minimum atomic E-state index is -0.498. The second-order valence-electron chi connectivity index (χ2n) is 7.47. The number of likely N-dealkylation sites (tertiary alicyclic amines) is 1. The highest BCUT2D eigenvalue weighted by Crippen LogP contribution is 2.32. The van der Waals surface area contributed by atoms with Crippen LogP contribution >= 0.6 is 0 Å². The Morgan fingerprint density at radius 1 is 1.14 bits per heavy atom. The normalized spacial score (nSPS) is 18.2. The van der Waals surface area contributed by atoms with Gasteiger partial charge in [0.15, 0.2) is 5.79 Å². The molecule has 0 bridgehead atoms. The summed E-state index contributed by atoms with van der Waals surface area (Å²) in [6, 6.07) is 7.65. The van der Waals surface area contributed by atoms with Crippen molar-refractivity contribution in [2.45, 2.75) is 38.6 Å². The number of piperidine rings is 1. The summed E-state index contributed by atoms with van der Waals surface area (Å²) in [5.41, 5.74) is 1.12. The Morgan fingerprint density at radius 2 is 1.86 bits per heavy atom. The lowest BCUT2D eigenvalue weighted by molar-refractivity contribution is -0.181. The summed E-state index contributed by atoms with van der Waals surface area (Å²) >= 11 is 0. The molecule has 0 atom stereocenters. The fourth-order valence-electron chi connectivity index (χ4n) is 3.57. The summed E-state index contributed by atoms with van der Waals surface area (Å²) in [4.78, 5) is 23.2. The zero-order chi connectivity index (χ0) is 20.3. The van der Waals surface area contributed by atoms with Crippen molar-refractivity contribution in [2.24, 2.45) is 0 Å². The van der Waals surface area contributed by atoms with E-state index in [1.807, 2.05) is 38.1 Å². The third kappa shape index (κ3) is 4.49. The van der Waals surface area contributed by atoms with Crippen LogP contribution in [0.15, 0.2) is 36.7 Å². The van der Waals surface area contributed by atoms with Gasteiger partial charge in [-0.1, -0.05) is 12.1 Å². The van der Waals surface area contributed by atoms with E-state index in [2.05, 4.69) is 15.3 Å². The van der Waals surface area contributed by atoms with E-state index in [4.69, 9.17) is 14.2 Å². The Morgan fingerprint density at radius 3 is 2.52 bits per heavy atom. The number of ether oxygens (including phenoxy) is 3. The molecule has 1 amide bonds. The van der Waals surface area contributed by atoms with Gasteiger partial charge in [0.1, 0.15) is 17.3 Å². The average molecular weight is 398 g/mol. The molecule has 3 heterocycles. The van der Waals surface area contributed by atoms with Crippen LogP contribution in [0, 0.1) is 0 Å². The number of para-hydroxylation sites is 2. The van der Waals surface area contributed by atoms with E-state index < -0.39 is 5.79 Å². The molecule has 2 fully saturated rings. The van der Waals surface area contributed by atoms with Crippen LogP contribution in [0.5, 0.6) is 5.75 Å². The zero-order valence-corrected chi connectivity index (χ0v) is 16.8. The zero-order valence-electron chi connectivity index (χ0n) is 16.8. The van der Waals surface area contributed by atoms with Gasteiger partial charge in [-0.3, -0.25) is 4.79 Å². The van der Waals surface area contributed by atoms with Crippen molar-refractivity contribution in [3.8, 4) is 5.75 Å². The molecular formula is C21H26N4O4. The summed E-state index contributed by atoms with van der Waals surface area (Å²) in [5, 5.41) is 3.20. The molecule has 8 nitrogen and oxygen atoms in total. The highest BCUT2D eigenvalue weighted by atomic mass is 16.7. The van der Waals surface area contributed by atoms with Crippen LogP contribution in [-0.2, 0) is 9.47 Å². The number of nitrogens with one attached hydrogen (secondary N) is 1. The molecule has 1 aromatic carbocycles. The van der Waals surface area contributed by atoms with Crippen molar-refractivity contribution < 1.29 is 19.0 Å². The molecule has 29 heavy (non-hydrogen) atoms. The Balaban J connectivity index is 1.39. The van der Waals surface area contributed by atoms with E-state index in [-0.39, 0.29) is 12.0 Å². The number of amides is 1. The van der Waals surface area contributed by atoms with Crippen LogP contribution in [0.1, 0.15) is 37.2 Å². The van der Waals surface area contributed by atoms with Gasteiger partial charge in [-0.15, -0.1) is 0 Å². The minimum Gasteiger partial charge on any atom is -0.489 e. The summed E-state index contributed by atoms with van der Waals surface area (Å²) in [7, 11) is 0. The number of carbonyl (C=O) groups is 1. The molecule has 0 radical (unpaired) electrons. The van der Waals surface area contributed by atoms with Crippen LogP contribution in [-0.4, -0.2) is 59.0 Å². The first-order valence-electron chi connectivity index (χ1n) is 9.97. The number of anilines is 2. The molecule has 1 spiro atoms. The maximum absolute atomic E-state index is 12.7. The lowest BCUT2D eigenvalue weighted by Crippen LogP contribution is -2.47. The number of hydrogen-bond acceptors (Lipinski definition) is 7. The van der Waals surface area contributed by atoms with Crippen LogP contribution in [0.25, 0.3) is 0 Å². The van der Waals surface area contributed by atoms with Crippen molar-refractivity contribution in [3.63, 3.8) is 0 Å². The third-order valence-corrected chi connectivity index (χ3v) is 5.01. The first kappa shape index (κ1) is 19.6. The van der Waals surface area contributed by atoms with Crippen LogP contribution in [0.4, 0.5) is 11.5 Å². The highest BCUT2D eigenvalue weighted by molar-refractivity contribution is 5.92. The fourth-order valence-corrected chi connectivity index (χ4v) is 3.57. The van der Waals surface area contributed by atoms with Gasteiger partial charge in [0, 0.05) is 25.9 Å². The highest BCUT2D eigenvalue weighted by Gasteiger charge is 2.41. The monoisotopic (exact) mass is 398 g/mol. The van der Waals surface area contributed by atoms with Gasteiger partial charge in [-0.2, -0.15) is 0 Å². The molecule has 1 aromatic heterocycles. The van der Waals surface area contributed by atoms with Crippen LogP contribution in [0.3, 0.4) is 0 Å². The Bertz CT molecular complexity index is 840. The Labute approximate surface area is 170 Å². The predicted molar refractivity (Wildman–Crippen MR) is 107 cm³/mol. The molecule has 0 aliphatic carbocycles. The number of rotatable bonds is 5. The molecule has 154 valence electrons. The lowest BCUT2D eigenvalue weighted by atomic mass is 10.0. The van der Waals surface area contributed by atoms with E-state index in [1.165, 1.54) is 6.20 Å². The molecule has 4 rings (SSSR count). The number of hydrogen-bond donors (Lipinski definition) is 1. The number of carbonyl (C=O) groups excluding carboxylic acids is 1. The fraction of sp³-hybridized carbons (Fsp3) is 0.476. The topological polar surface area (TPSA) is 85.8 Å². The molecular weight excluding hydrogens is 372 g/mol. The van der Waals surface area contributed by atoms with Gasteiger partial charge >= 0.3 is 0 Å². The van der Waals surface area contributed by atoms with E-state index in [1.54, 1.807) is 11.1 Å². The van der Waals surface area contributed by atoms with Gasteiger partial charge in [-0.25, -0.2) is 9.97 Å². The quantitative estimate of drug-likeness (QED) is 0.829. The van der Waals surface area contributed by atoms with Gasteiger partial charge in [0.25, 0.3) is 5.91 Å².